The largest absolute Gasteiger partial charge is 0.493 e. The Labute approximate surface area is 220 Å². The van der Waals surface area contributed by atoms with E-state index in [1.807, 2.05) is 74.5 Å². The van der Waals surface area contributed by atoms with Gasteiger partial charge >= 0.3 is 0 Å². The predicted molar refractivity (Wildman–Crippen MR) is 148 cm³/mol. The van der Waals surface area contributed by atoms with Gasteiger partial charge in [-0.25, -0.2) is 0 Å². The van der Waals surface area contributed by atoms with Crippen LogP contribution in [0.4, 0.5) is 5.69 Å². The molecule has 1 saturated heterocycles. The minimum Gasteiger partial charge on any atom is -0.493 e. The molecule has 0 radical (unpaired) electrons. The topological polar surface area (TPSA) is 67.9 Å². The Morgan fingerprint density at radius 1 is 1.08 bits per heavy atom. The van der Waals surface area contributed by atoms with Crippen LogP contribution in [0.5, 0.6) is 11.5 Å². The van der Waals surface area contributed by atoms with Gasteiger partial charge in [-0.15, -0.1) is 0 Å². The van der Waals surface area contributed by atoms with Crippen LogP contribution >= 0.6 is 24.0 Å². The van der Waals surface area contributed by atoms with E-state index in [0.29, 0.717) is 26.4 Å². The van der Waals surface area contributed by atoms with Gasteiger partial charge < -0.3 is 14.8 Å². The fraction of sp³-hybridized carbons (Fsp3) is 0.179. The minimum absolute atomic E-state index is 0.131. The van der Waals surface area contributed by atoms with Crippen molar-refractivity contribution in [3.63, 3.8) is 0 Å². The van der Waals surface area contributed by atoms with Crippen LogP contribution in [-0.4, -0.2) is 34.8 Å². The van der Waals surface area contributed by atoms with Gasteiger partial charge in [0.05, 0.1) is 18.1 Å². The maximum atomic E-state index is 13.2. The van der Waals surface area contributed by atoms with E-state index in [9.17, 15) is 9.59 Å². The summed E-state index contributed by atoms with van der Waals surface area (Å²) in [6.45, 7) is 3.78. The van der Waals surface area contributed by atoms with Crippen molar-refractivity contribution in [2.75, 3.05) is 19.0 Å². The number of hydrogen-bond donors (Lipinski definition) is 1. The van der Waals surface area contributed by atoms with Gasteiger partial charge in [-0.05, 0) is 55.3 Å². The van der Waals surface area contributed by atoms with Crippen molar-refractivity contribution in [2.24, 2.45) is 0 Å². The molecule has 1 heterocycles. The van der Waals surface area contributed by atoms with E-state index >= 15 is 0 Å². The second kappa shape index (κ2) is 11.4. The number of benzene rings is 3. The van der Waals surface area contributed by atoms with Crippen LogP contribution in [-0.2, 0) is 9.59 Å². The number of hydrogen-bond acceptors (Lipinski definition) is 6. The lowest BCUT2D eigenvalue weighted by molar-refractivity contribution is -0.123. The third-order valence-electron chi connectivity index (χ3n) is 5.67. The molecule has 8 heteroatoms. The Bertz CT molecular complexity index is 1310. The number of aryl methyl sites for hydroxylation is 1. The van der Waals surface area contributed by atoms with Crippen molar-refractivity contribution in [1.82, 2.24) is 4.90 Å². The molecule has 0 bridgehead atoms. The molecule has 3 aromatic rings. The van der Waals surface area contributed by atoms with Crippen LogP contribution in [0.25, 0.3) is 6.08 Å². The van der Waals surface area contributed by atoms with Crippen molar-refractivity contribution in [2.45, 2.75) is 19.9 Å². The van der Waals surface area contributed by atoms with E-state index in [0.717, 1.165) is 16.7 Å². The van der Waals surface area contributed by atoms with Gasteiger partial charge in [-0.1, -0.05) is 78.1 Å². The number of ether oxygens (including phenoxy) is 2. The summed E-state index contributed by atoms with van der Waals surface area (Å²) in [6.07, 6.45) is 1.79. The summed E-state index contributed by atoms with van der Waals surface area (Å²) in [5.41, 5.74) is 3.60. The zero-order valence-corrected chi connectivity index (χ0v) is 21.8. The van der Waals surface area contributed by atoms with Gasteiger partial charge in [0.15, 0.2) is 18.1 Å². The summed E-state index contributed by atoms with van der Waals surface area (Å²) < 4.78 is 11.7. The van der Waals surface area contributed by atoms with Gasteiger partial charge in [0.2, 0.25) is 0 Å². The van der Waals surface area contributed by atoms with Crippen molar-refractivity contribution >= 4 is 51.9 Å². The molecule has 0 unspecified atom stereocenters. The van der Waals surface area contributed by atoms with E-state index in [4.69, 9.17) is 21.7 Å². The Morgan fingerprint density at radius 2 is 1.81 bits per heavy atom. The average Bonchev–Trinajstić information content (AvgIpc) is 3.16. The highest BCUT2D eigenvalue weighted by Crippen LogP contribution is 2.38. The molecule has 184 valence electrons. The quantitative estimate of drug-likeness (QED) is 0.292. The highest BCUT2D eigenvalue weighted by atomic mass is 32.2. The number of carbonyl (C=O) groups excluding carboxylic acids is 2. The molecule has 36 heavy (non-hydrogen) atoms. The molecule has 1 aliphatic rings. The number of carbonyl (C=O) groups is 2. The first-order chi connectivity index (χ1) is 17.4. The molecule has 1 aliphatic heterocycles. The molecule has 6 nitrogen and oxygen atoms in total. The van der Waals surface area contributed by atoms with Crippen LogP contribution in [0, 0.1) is 6.92 Å². The lowest BCUT2D eigenvalue weighted by Crippen LogP contribution is -2.30. The van der Waals surface area contributed by atoms with Gasteiger partial charge in [-0.2, -0.15) is 0 Å². The van der Waals surface area contributed by atoms with Crippen molar-refractivity contribution in [1.29, 1.82) is 0 Å². The number of methoxy groups -OCH3 is 1. The predicted octanol–water partition coefficient (Wildman–Crippen LogP) is 5.98. The summed E-state index contributed by atoms with van der Waals surface area (Å²) >= 11 is 6.79. The first-order valence-corrected chi connectivity index (χ1v) is 12.6. The number of nitrogens with one attached hydrogen (secondary N) is 1. The fourth-order valence-corrected chi connectivity index (χ4v) is 5.13. The molecule has 0 spiro atoms. The third-order valence-corrected chi connectivity index (χ3v) is 7.00. The summed E-state index contributed by atoms with van der Waals surface area (Å²) in [4.78, 5) is 27.6. The molecule has 1 fully saturated rings. The molecule has 0 aromatic heterocycles. The summed E-state index contributed by atoms with van der Waals surface area (Å²) in [7, 11) is 1.53. The second-order valence-electron chi connectivity index (χ2n) is 8.25. The fourth-order valence-electron chi connectivity index (χ4n) is 3.72. The van der Waals surface area contributed by atoms with Crippen molar-refractivity contribution in [3.05, 3.63) is 94.4 Å². The molecule has 0 aliphatic carbocycles. The number of nitrogens with zero attached hydrogens (tertiary/aromatic N) is 1. The number of anilines is 1. The smallest absolute Gasteiger partial charge is 0.266 e. The molecule has 1 N–H and O–H groups in total. The molecule has 3 aromatic carbocycles. The Morgan fingerprint density at radius 3 is 2.50 bits per heavy atom. The van der Waals surface area contributed by atoms with Crippen molar-refractivity contribution < 1.29 is 19.1 Å². The SMILES string of the molecule is COc1cc(/C=C2\SC(=S)N([C@@H](C)c3ccccc3)C2=O)ccc1OCC(=O)Nc1ccc(C)cc1. The van der Waals surface area contributed by atoms with Crippen molar-refractivity contribution in [3.8, 4) is 11.5 Å². The van der Waals surface area contributed by atoms with Gasteiger partial charge in [0, 0.05) is 5.69 Å². The van der Waals surface area contributed by atoms with Crippen LogP contribution in [0.15, 0.2) is 77.7 Å². The average molecular weight is 519 g/mol. The van der Waals surface area contributed by atoms with Crippen LogP contribution < -0.4 is 14.8 Å². The molecule has 4 rings (SSSR count). The zero-order valence-electron chi connectivity index (χ0n) is 20.2. The molecule has 0 saturated carbocycles. The lowest BCUT2D eigenvalue weighted by atomic mass is 10.1. The van der Waals surface area contributed by atoms with Gasteiger partial charge in [0.1, 0.15) is 4.32 Å². The van der Waals surface area contributed by atoms with Gasteiger partial charge in [-0.3, -0.25) is 14.5 Å². The number of rotatable bonds is 8. The lowest BCUT2D eigenvalue weighted by Gasteiger charge is -2.23. The van der Waals surface area contributed by atoms with E-state index in [2.05, 4.69) is 5.32 Å². The molecule has 1 atom stereocenters. The maximum absolute atomic E-state index is 13.2. The highest BCUT2D eigenvalue weighted by Gasteiger charge is 2.35. The normalized spacial score (nSPS) is 15.2. The summed E-state index contributed by atoms with van der Waals surface area (Å²) in [6, 6.07) is 22.5. The molecular formula is C28H26N2O4S2. The van der Waals surface area contributed by atoms with Crippen LogP contribution in [0.2, 0.25) is 0 Å². The first-order valence-electron chi connectivity index (χ1n) is 11.3. The Balaban J connectivity index is 1.43. The van der Waals surface area contributed by atoms with Crippen LogP contribution in [0.3, 0.4) is 0 Å². The minimum atomic E-state index is -0.277. The number of amides is 2. The van der Waals surface area contributed by atoms with Crippen LogP contribution in [0.1, 0.15) is 29.7 Å². The van der Waals surface area contributed by atoms with E-state index in [1.54, 1.807) is 23.1 Å². The van der Waals surface area contributed by atoms with E-state index in [1.165, 1.54) is 18.9 Å². The second-order valence-corrected chi connectivity index (χ2v) is 9.93. The number of thiocarbonyl (C=S) groups is 1. The first kappa shape index (κ1) is 25.5. The Hall–Kier alpha value is -3.62. The van der Waals surface area contributed by atoms with Gasteiger partial charge in [0.25, 0.3) is 11.8 Å². The summed E-state index contributed by atoms with van der Waals surface area (Å²) in [5.74, 6) is 0.480. The van der Waals surface area contributed by atoms with E-state index in [-0.39, 0.29) is 24.5 Å². The highest BCUT2D eigenvalue weighted by molar-refractivity contribution is 8.26. The standard InChI is InChI=1S/C28H26N2O4S2/c1-18-9-12-22(13-10-18)29-26(31)17-34-23-14-11-20(15-24(23)33-3)16-25-27(32)30(28(35)36-25)19(2)21-7-5-4-6-8-21/h4-16,19H,17H2,1-3H3,(H,29,31)/b25-16-/t19-/m0/s1. The molecule has 2 amide bonds. The zero-order chi connectivity index (χ0) is 25.7. The monoisotopic (exact) mass is 518 g/mol. The Kier molecular flexibility index (Phi) is 8.07. The number of thioether (sulfide) groups is 1. The third kappa shape index (κ3) is 5.95. The van der Waals surface area contributed by atoms with E-state index < -0.39 is 0 Å². The maximum Gasteiger partial charge on any atom is 0.266 e. The molecular weight excluding hydrogens is 492 g/mol. The summed E-state index contributed by atoms with van der Waals surface area (Å²) in [5, 5.41) is 2.80.